The largest absolute Gasteiger partial charge is 0.469 e. The molecular weight excluding hydrogens is 214 g/mol. The van der Waals surface area contributed by atoms with Crippen molar-refractivity contribution in [2.75, 3.05) is 14.2 Å². The zero-order valence-corrected chi connectivity index (χ0v) is 11.0. The van der Waals surface area contributed by atoms with E-state index in [1.165, 1.54) is 7.11 Å². The zero-order chi connectivity index (χ0) is 12.9. The van der Waals surface area contributed by atoms with Crippen molar-refractivity contribution in [1.82, 2.24) is 5.32 Å². The summed E-state index contributed by atoms with van der Waals surface area (Å²) in [6, 6.07) is 10.0. The van der Waals surface area contributed by atoms with Gasteiger partial charge in [0, 0.05) is 0 Å². The predicted molar refractivity (Wildman–Crippen MR) is 68.7 cm³/mol. The summed E-state index contributed by atoms with van der Waals surface area (Å²) < 4.78 is 4.80. The van der Waals surface area contributed by atoms with Crippen molar-refractivity contribution in [2.45, 2.75) is 25.8 Å². The molecule has 0 radical (unpaired) electrons. The Labute approximate surface area is 103 Å². The minimum atomic E-state index is -0.367. The van der Waals surface area contributed by atoms with Crippen LogP contribution in [0.2, 0.25) is 0 Å². The van der Waals surface area contributed by atoms with Crippen LogP contribution < -0.4 is 5.32 Å². The fraction of sp³-hybridized carbons (Fsp3) is 0.500. The van der Waals surface area contributed by atoms with Gasteiger partial charge in [-0.05, 0) is 18.5 Å². The first kappa shape index (κ1) is 13.7. The van der Waals surface area contributed by atoms with E-state index in [0.29, 0.717) is 6.42 Å². The maximum absolute atomic E-state index is 11.6. The third-order valence-electron chi connectivity index (χ3n) is 3.37. The van der Waals surface area contributed by atoms with Crippen molar-refractivity contribution in [1.29, 1.82) is 0 Å². The second-order valence-corrected chi connectivity index (χ2v) is 4.49. The summed E-state index contributed by atoms with van der Waals surface area (Å²) in [5.74, 6) is 0.0888. The van der Waals surface area contributed by atoms with E-state index < -0.39 is 0 Å². The van der Waals surface area contributed by atoms with Gasteiger partial charge in [-0.1, -0.05) is 44.2 Å². The van der Waals surface area contributed by atoms with Crippen molar-refractivity contribution in [3.63, 3.8) is 0 Å². The van der Waals surface area contributed by atoms with E-state index in [0.717, 1.165) is 5.56 Å². The number of methoxy groups -OCH3 is 1. The molecule has 0 heterocycles. The first-order valence-electron chi connectivity index (χ1n) is 5.88. The Morgan fingerprint density at radius 3 is 2.35 bits per heavy atom. The van der Waals surface area contributed by atoms with E-state index in [1.54, 1.807) is 0 Å². The van der Waals surface area contributed by atoms with Crippen LogP contribution in [-0.4, -0.2) is 20.1 Å². The average molecular weight is 235 g/mol. The van der Waals surface area contributed by atoms with Crippen LogP contribution in [0, 0.1) is 5.92 Å². The lowest BCUT2D eigenvalue weighted by Crippen LogP contribution is -2.46. The molecule has 1 aromatic carbocycles. The zero-order valence-electron chi connectivity index (χ0n) is 11.0. The van der Waals surface area contributed by atoms with Gasteiger partial charge in [0.2, 0.25) is 0 Å². The summed E-state index contributed by atoms with van der Waals surface area (Å²) in [7, 11) is 3.31. The highest BCUT2D eigenvalue weighted by Gasteiger charge is 2.36. The molecule has 0 aromatic heterocycles. The molecule has 0 aliphatic heterocycles. The number of hydrogen-bond donors (Lipinski definition) is 1. The van der Waals surface area contributed by atoms with Gasteiger partial charge in [-0.15, -0.1) is 0 Å². The normalized spacial score (nSPS) is 14.4. The minimum absolute atomic E-state index is 0.197. The summed E-state index contributed by atoms with van der Waals surface area (Å²) in [5.41, 5.74) is 0.747. The molecule has 1 rings (SSSR count). The molecule has 1 unspecified atom stereocenters. The highest BCUT2D eigenvalue weighted by molar-refractivity contribution is 5.71. The second-order valence-electron chi connectivity index (χ2n) is 4.49. The summed E-state index contributed by atoms with van der Waals surface area (Å²) in [4.78, 5) is 11.6. The van der Waals surface area contributed by atoms with Crippen LogP contribution in [0.3, 0.4) is 0 Å². The number of hydrogen-bond acceptors (Lipinski definition) is 3. The molecule has 94 valence electrons. The van der Waals surface area contributed by atoms with Crippen molar-refractivity contribution < 1.29 is 9.53 Å². The molecule has 3 nitrogen and oxygen atoms in total. The summed E-state index contributed by atoms with van der Waals surface area (Å²) in [5, 5.41) is 3.30. The third-order valence-corrected chi connectivity index (χ3v) is 3.37. The number of rotatable bonds is 5. The van der Waals surface area contributed by atoms with E-state index in [9.17, 15) is 4.79 Å². The van der Waals surface area contributed by atoms with E-state index >= 15 is 0 Å². The molecule has 17 heavy (non-hydrogen) atoms. The molecule has 0 aliphatic rings. The van der Waals surface area contributed by atoms with Gasteiger partial charge >= 0.3 is 5.97 Å². The smallest absolute Gasteiger partial charge is 0.307 e. The van der Waals surface area contributed by atoms with Gasteiger partial charge in [0.15, 0.2) is 0 Å². The Kier molecular flexibility index (Phi) is 4.70. The maximum atomic E-state index is 11.6. The van der Waals surface area contributed by atoms with Crippen molar-refractivity contribution in [2.24, 2.45) is 5.92 Å². The van der Waals surface area contributed by atoms with E-state index in [4.69, 9.17) is 4.74 Å². The number of carbonyl (C=O) groups excluding carboxylic acids is 1. The fourth-order valence-corrected chi connectivity index (χ4v) is 2.20. The molecule has 0 spiro atoms. The monoisotopic (exact) mass is 235 g/mol. The number of benzene rings is 1. The SMILES string of the molecule is CNC(CC(=O)OC)(c1ccccc1)C(C)C. The Bertz CT molecular complexity index is 362. The maximum Gasteiger partial charge on any atom is 0.307 e. The topological polar surface area (TPSA) is 38.3 Å². The molecular formula is C14H21NO2. The van der Waals surface area contributed by atoms with Crippen LogP contribution in [-0.2, 0) is 15.1 Å². The average Bonchev–Trinajstić information content (AvgIpc) is 2.36. The van der Waals surface area contributed by atoms with Crippen LogP contribution in [0.15, 0.2) is 30.3 Å². The number of esters is 1. The molecule has 0 saturated carbocycles. The Hall–Kier alpha value is -1.35. The number of ether oxygens (including phenoxy) is 1. The lowest BCUT2D eigenvalue weighted by Gasteiger charge is -2.37. The van der Waals surface area contributed by atoms with Gasteiger partial charge in [0.05, 0.1) is 19.1 Å². The predicted octanol–water partition coefficient (Wildman–Crippen LogP) is 2.32. The van der Waals surface area contributed by atoms with Crippen molar-refractivity contribution in [3.8, 4) is 0 Å². The minimum Gasteiger partial charge on any atom is -0.469 e. The molecule has 1 N–H and O–H groups in total. The quantitative estimate of drug-likeness (QED) is 0.796. The molecule has 3 heteroatoms. The number of nitrogens with one attached hydrogen (secondary N) is 1. The highest BCUT2D eigenvalue weighted by atomic mass is 16.5. The van der Waals surface area contributed by atoms with Crippen LogP contribution in [0.4, 0.5) is 0 Å². The molecule has 0 bridgehead atoms. The standard InChI is InChI=1S/C14H21NO2/c1-11(2)14(15-3,10-13(16)17-4)12-8-6-5-7-9-12/h5-9,11,15H,10H2,1-4H3. The summed E-state index contributed by atoms with van der Waals surface area (Å²) in [6.45, 7) is 4.21. The lowest BCUT2D eigenvalue weighted by molar-refractivity contribution is -0.143. The summed E-state index contributed by atoms with van der Waals surface area (Å²) >= 11 is 0. The fourth-order valence-electron chi connectivity index (χ4n) is 2.20. The van der Waals surface area contributed by atoms with Gasteiger partial charge in [-0.2, -0.15) is 0 Å². The number of carbonyl (C=O) groups is 1. The van der Waals surface area contributed by atoms with Crippen LogP contribution in [0.1, 0.15) is 25.8 Å². The first-order chi connectivity index (χ1) is 8.06. The van der Waals surface area contributed by atoms with Gasteiger partial charge in [0.25, 0.3) is 0 Å². The van der Waals surface area contributed by atoms with Crippen molar-refractivity contribution >= 4 is 5.97 Å². The van der Waals surface area contributed by atoms with Crippen LogP contribution in [0.5, 0.6) is 0 Å². The molecule has 0 fully saturated rings. The van der Waals surface area contributed by atoms with Gasteiger partial charge in [0.1, 0.15) is 0 Å². The highest BCUT2D eigenvalue weighted by Crippen LogP contribution is 2.33. The first-order valence-corrected chi connectivity index (χ1v) is 5.88. The van der Waals surface area contributed by atoms with Crippen LogP contribution in [0.25, 0.3) is 0 Å². The molecule has 1 atom stereocenters. The van der Waals surface area contributed by atoms with Gasteiger partial charge in [-0.25, -0.2) is 0 Å². The molecule has 0 saturated heterocycles. The van der Waals surface area contributed by atoms with E-state index in [1.807, 2.05) is 37.4 Å². The Balaban J connectivity index is 3.13. The van der Waals surface area contributed by atoms with Crippen molar-refractivity contribution in [3.05, 3.63) is 35.9 Å². The molecule has 0 amide bonds. The Morgan fingerprint density at radius 2 is 1.94 bits per heavy atom. The van der Waals surface area contributed by atoms with Gasteiger partial charge in [-0.3, -0.25) is 4.79 Å². The second kappa shape index (κ2) is 5.82. The molecule has 1 aromatic rings. The lowest BCUT2D eigenvalue weighted by atomic mass is 9.77. The summed E-state index contributed by atoms with van der Waals surface area (Å²) in [6.07, 6.45) is 0.335. The molecule has 0 aliphatic carbocycles. The van der Waals surface area contributed by atoms with E-state index in [2.05, 4.69) is 19.2 Å². The van der Waals surface area contributed by atoms with E-state index in [-0.39, 0.29) is 17.4 Å². The van der Waals surface area contributed by atoms with Crippen LogP contribution >= 0.6 is 0 Å². The Morgan fingerprint density at radius 1 is 1.35 bits per heavy atom. The van der Waals surface area contributed by atoms with Gasteiger partial charge < -0.3 is 10.1 Å². The third kappa shape index (κ3) is 2.86.